The van der Waals surface area contributed by atoms with Crippen molar-refractivity contribution in [2.75, 3.05) is 4.34 Å². The zero-order valence-corrected chi connectivity index (χ0v) is 10.0. The topological polar surface area (TPSA) is 55.6 Å². The number of hydrogen-bond donors (Lipinski definition) is 1. The lowest BCUT2D eigenvalue weighted by molar-refractivity contribution is 0.641. The minimum Gasteiger partial charge on any atom is -0.315 e. The zero-order valence-electron chi connectivity index (χ0n) is 8.44. The number of anilines is 1. The first-order chi connectivity index (χ1) is 7.36. The van der Waals surface area contributed by atoms with Gasteiger partial charge >= 0.3 is 0 Å². The lowest BCUT2D eigenvalue weighted by Crippen LogP contribution is -1.98. The molecule has 0 unspecified atom stereocenters. The van der Waals surface area contributed by atoms with Crippen LogP contribution in [-0.4, -0.2) is 19.5 Å². The van der Waals surface area contributed by atoms with Gasteiger partial charge in [-0.2, -0.15) is 0 Å². The number of unbranched alkanes of at least 4 members (excludes halogenated alkanes) is 1. The largest absolute Gasteiger partial charge is 0.315 e. The Balaban J connectivity index is 2.42. The Morgan fingerprint density at radius 3 is 3.00 bits per heavy atom. The third-order valence-electron chi connectivity index (χ3n) is 2.24. The molecular weight excluding hydrogens is 258 g/mol. The SMILES string of the molecule is CCCCn1cnc2c(NBr)ncnc21. The summed E-state index contributed by atoms with van der Waals surface area (Å²) >= 11 is 3.15. The zero-order chi connectivity index (χ0) is 10.7. The average Bonchev–Trinajstić information content (AvgIpc) is 2.69. The molecule has 0 aliphatic carbocycles. The first-order valence-electron chi connectivity index (χ1n) is 4.89. The normalized spacial score (nSPS) is 10.8. The van der Waals surface area contributed by atoms with E-state index in [2.05, 4.69) is 42.4 Å². The van der Waals surface area contributed by atoms with Gasteiger partial charge in [-0.15, -0.1) is 0 Å². The predicted molar refractivity (Wildman–Crippen MR) is 62.8 cm³/mol. The molecular formula is C9H12BrN5. The quantitative estimate of drug-likeness (QED) is 0.866. The van der Waals surface area contributed by atoms with Crippen molar-refractivity contribution in [3.05, 3.63) is 12.7 Å². The molecule has 6 heteroatoms. The van der Waals surface area contributed by atoms with Crippen LogP contribution in [0.1, 0.15) is 19.8 Å². The number of rotatable bonds is 4. The minimum absolute atomic E-state index is 0.704. The summed E-state index contributed by atoms with van der Waals surface area (Å²) in [6, 6.07) is 0. The van der Waals surface area contributed by atoms with Crippen molar-refractivity contribution in [1.29, 1.82) is 0 Å². The fourth-order valence-corrected chi connectivity index (χ4v) is 1.73. The molecule has 0 aliphatic heterocycles. The Hall–Kier alpha value is -1.17. The van der Waals surface area contributed by atoms with Crippen molar-refractivity contribution in [2.24, 2.45) is 0 Å². The molecule has 15 heavy (non-hydrogen) atoms. The van der Waals surface area contributed by atoms with Gasteiger partial charge in [0.1, 0.15) is 6.33 Å². The van der Waals surface area contributed by atoms with Crippen LogP contribution in [0.2, 0.25) is 0 Å². The molecule has 80 valence electrons. The molecule has 0 saturated carbocycles. The first-order valence-corrected chi connectivity index (χ1v) is 5.68. The van der Waals surface area contributed by atoms with Crippen molar-refractivity contribution in [3.8, 4) is 0 Å². The minimum atomic E-state index is 0.704. The Morgan fingerprint density at radius 2 is 2.27 bits per heavy atom. The van der Waals surface area contributed by atoms with Crippen LogP contribution in [0.15, 0.2) is 12.7 Å². The predicted octanol–water partition coefficient (Wildman–Crippen LogP) is 2.35. The number of aryl methyl sites for hydroxylation is 1. The van der Waals surface area contributed by atoms with Gasteiger partial charge in [0.05, 0.1) is 6.33 Å². The van der Waals surface area contributed by atoms with Crippen LogP contribution in [0, 0.1) is 0 Å². The summed E-state index contributed by atoms with van der Waals surface area (Å²) in [5, 5.41) is 0. The van der Waals surface area contributed by atoms with Gasteiger partial charge in [0.2, 0.25) is 0 Å². The van der Waals surface area contributed by atoms with Crippen molar-refractivity contribution >= 4 is 33.1 Å². The Kier molecular flexibility index (Phi) is 3.15. The maximum Gasteiger partial charge on any atom is 0.167 e. The molecule has 0 aliphatic rings. The summed E-state index contributed by atoms with van der Waals surface area (Å²) in [7, 11) is 0. The van der Waals surface area contributed by atoms with Gasteiger partial charge < -0.3 is 8.91 Å². The standard InChI is InChI=1S/C9H12BrN5/c1-2-3-4-15-6-13-7-8(14-10)11-5-12-9(7)15/h5-6H,2-4H2,1H3,(H,11,12,14). The Morgan fingerprint density at radius 1 is 1.40 bits per heavy atom. The molecule has 0 aromatic carbocycles. The molecule has 0 saturated heterocycles. The monoisotopic (exact) mass is 269 g/mol. The van der Waals surface area contributed by atoms with E-state index in [1.165, 1.54) is 6.33 Å². The van der Waals surface area contributed by atoms with Gasteiger partial charge in [0.25, 0.3) is 0 Å². The third kappa shape index (κ3) is 1.94. The number of nitrogens with zero attached hydrogens (tertiary/aromatic N) is 4. The van der Waals surface area contributed by atoms with E-state index in [-0.39, 0.29) is 0 Å². The lowest BCUT2D eigenvalue weighted by Gasteiger charge is -2.02. The summed E-state index contributed by atoms with van der Waals surface area (Å²) in [4.78, 5) is 12.6. The highest BCUT2D eigenvalue weighted by molar-refractivity contribution is 9.10. The number of nitrogens with one attached hydrogen (secondary N) is 1. The van der Waals surface area contributed by atoms with Crippen LogP contribution in [0.5, 0.6) is 0 Å². The molecule has 0 fully saturated rings. The smallest absolute Gasteiger partial charge is 0.167 e. The van der Waals surface area contributed by atoms with Crippen molar-refractivity contribution in [2.45, 2.75) is 26.3 Å². The van der Waals surface area contributed by atoms with Crippen molar-refractivity contribution < 1.29 is 0 Å². The van der Waals surface area contributed by atoms with Gasteiger partial charge in [0, 0.05) is 22.7 Å². The molecule has 2 aromatic rings. The maximum atomic E-state index is 4.29. The van der Waals surface area contributed by atoms with Gasteiger partial charge in [0.15, 0.2) is 17.0 Å². The van der Waals surface area contributed by atoms with Crippen LogP contribution in [0.25, 0.3) is 11.2 Å². The molecule has 0 radical (unpaired) electrons. The van der Waals surface area contributed by atoms with Crippen LogP contribution in [-0.2, 0) is 6.54 Å². The van der Waals surface area contributed by atoms with Gasteiger partial charge in [-0.1, -0.05) is 13.3 Å². The average molecular weight is 270 g/mol. The van der Waals surface area contributed by atoms with E-state index in [4.69, 9.17) is 0 Å². The van der Waals surface area contributed by atoms with Crippen molar-refractivity contribution in [1.82, 2.24) is 19.5 Å². The number of aromatic nitrogens is 4. The van der Waals surface area contributed by atoms with Gasteiger partial charge in [-0.05, 0) is 6.42 Å². The van der Waals surface area contributed by atoms with E-state index in [9.17, 15) is 0 Å². The van der Waals surface area contributed by atoms with E-state index < -0.39 is 0 Å². The molecule has 0 amide bonds. The number of hydrogen-bond acceptors (Lipinski definition) is 4. The summed E-state index contributed by atoms with van der Waals surface area (Å²) in [5.74, 6) is 0.704. The third-order valence-corrected chi connectivity index (χ3v) is 2.62. The van der Waals surface area contributed by atoms with E-state index >= 15 is 0 Å². The van der Waals surface area contributed by atoms with E-state index in [0.29, 0.717) is 5.82 Å². The Labute approximate surface area is 96.3 Å². The lowest BCUT2D eigenvalue weighted by atomic mass is 10.3. The molecule has 2 heterocycles. The second-order valence-corrected chi connectivity index (χ2v) is 3.68. The molecule has 0 atom stereocenters. The Bertz CT molecular complexity index is 453. The van der Waals surface area contributed by atoms with Gasteiger partial charge in [-0.25, -0.2) is 15.0 Å². The van der Waals surface area contributed by atoms with Crippen LogP contribution in [0.3, 0.4) is 0 Å². The highest BCUT2D eigenvalue weighted by Gasteiger charge is 2.08. The molecule has 1 N–H and O–H groups in total. The summed E-state index contributed by atoms with van der Waals surface area (Å²) in [5.41, 5.74) is 1.67. The number of fused-ring (bicyclic) bond motifs is 1. The second-order valence-electron chi connectivity index (χ2n) is 3.28. The van der Waals surface area contributed by atoms with E-state index in [0.717, 1.165) is 30.6 Å². The molecule has 5 nitrogen and oxygen atoms in total. The van der Waals surface area contributed by atoms with Crippen molar-refractivity contribution in [3.63, 3.8) is 0 Å². The highest BCUT2D eigenvalue weighted by Crippen LogP contribution is 2.18. The molecule has 0 spiro atoms. The maximum absolute atomic E-state index is 4.29. The second kappa shape index (κ2) is 4.57. The van der Waals surface area contributed by atoms with Gasteiger partial charge in [-0.3, -0.25) is 0 Å². The molecule has 2 rings (SSSR count). The number of imidazole rings is 1. The summed E-state index contributed by atoms with van der Waals surface area (Å²) in [6.45, 7) is 3.12. The molecule has 2 aromatic heterocycles. The highest BCUT2D eigenvalue weighted by atomic mass is 79.9. The summed E-state index contributed by atoms with van der Waals surface area (Å²) < 4.78 is 4.87. The molecule has 0 bridgehead atoms. The van der Waals surface area contributed by atoms with Crippen LogP contribution >= 0.6 is 16.1 Å². The number of halogens is 1. The fourth-order valence-electron chi connectivity index (χ4n) is 1.44. The fraction of sp³-hybridized carbons (Fsp3) is 0.444. The van der Waals surface area contributed by atoms with E-state index in [1.54, 1.807) is 0 Å². The van der Waals surface area contributed by atoms with E-state index in [1.807, 2.05) is 10.9 Å². The summed E-state index contributed by atoms with van der Waals surface area (Å²) in [6.07, 6.45) is 5.64. The van der Waals surface area contributed by atoms with Crippen LogP contribution in [0.4, 0.5) is 5.82 Å². The van der Waals surface area contributed by atoms with Crippen LogP contribution < -0.4 is 4.34 Å². The first kappa shape index (κ1) is 10.4.